The van der Waals surface area contributed by atoms with Gasteiger partial charge in [0, 0.05) is 51.9 Å². The first-order valence-electron chi connectivity index (χ1n) is 18.3. The number of aromatic nitrogens is 2. The molecule has 8 nitrogen and oxygen atoms in total. The fourth-order valence-corrected chi connectivity index (χ4v) is 7.74. The number of nitrogens with zero attached hydrogens (tertiary/aromatic N) is 6. The Morgan fingerprint density at radius 3 is 2.25 bits per heavy atom. The van der Waals surface area contributed by atoms with Gasteiger partial charge >= 0.3 is 0 Å². The molecule has 0 radical (unpaired) electrons. The third-order valence-electron chi connectivity index (χ3n) is 10.7. The normalized spacial score (nSPS) is 18.9. The zero-order valence-electron chi connectivity index (χ0n) is 30.1. The molecule has 48 heavy (non-hydrogen) atoms. The molecule has 2 aliphatic rings. The fraction of sp³-hybridized carbons (Fsp3) is 0.575. The minimum atomic E-state index is 0.0794. The molecule has 2 saturated heterocycles. The van der Waals surface area contributed by atoms with Crippen LogP contribution in [-0.2, 0) is 6.54 Å². The van der Waals surface area contributed by atoms with Gasteiger partial charge in [-0.15, -0.1) is 0 Å². The van der Waals surface area contributed by atoms with E-state index in [1.54, 1.807) is 13.4 Å². The topological polar surface area (TPSA) is 65.0 Å². The molecule has 3 aromatic rings. The fourth-order valence-electron chi connectivity index (χ4n) is 7.74. The minimum absolute atomic E-state index is 0.0794. The van der Waals surface area contributed by atoms with Crippen LogP contribution in [0, 0.1) is 19.8 Å². The molecule has 2 atom stereocenters. The molecule has 5 rings (SSSR count). The highest BCUT2D eigenvalue weighted by Crippen LogP contribution is 2.35. The van der Waals surface area contributed by atoms with E-state index in [1.165, 1.54) is 24.0 Å². The van der Waals surface area contributed by atoms with Crippen molar-refractivity contribution in [3.05, 3.63) is 89.0 Å². The lowest BCUT2D eigenvalue weighted by Crippen LogP contribution is -2.53. The molecule has 1 amide bonds. The van der Waals surface area contributed by atoms with E-state index in [1.807, 2.05) is 18.7 Å². The lowest BCUT2D eigenvalue weighted by molar-refractivity contribution is 0.0601. The Balaban J connectivity index is 1.13. The zero-order chi connectivity index (χ0) is 33.9. The summed E-state index contributed by atoms with van der Waals surface area (Å²) < 4.78 is 5.35. The van der Waals surface area contributed by atoms with Crippen molar-refractivity contribution in [1.29, 1.82) is 0 Å². The molecule has 2 aromatic carbocycles. The number of likely N-dealkylation sites (tertiary alicyclic amines) is 1. The molecule has 0 aliphatic carbocycles. The Morgan fingerprint density at radius 1 is 0.917 bits per heavy atom. The average molecular weight is 655 g/mol. The minimum Gasteiger partial charge on any atom is -0.497 e. The van der Waals surface area contributed by atoms with Crippen molar-refractivity contribution in [3.63, 3.8) is 0 Å². The third-order valence-corrected chi connectivity index (χ3v) is 10.7. The number of unbranched alkanes of at least 4 members (excludes halogenated alkanes) is 1. The molecule has 0 N–H and O–H groups in total. The van der Waals surface area contributed by atoms with Crippen molar-refractivity contribution < 1.29 is 9.53 Å². The van der Waals surface area contributed by atoms with Gasteiger partial charge in [-0.2, -0.15) is 0 Å². The van der Waals surface area contributed by atoms with E-state index in [9.17, 15) is 4.79 Å². The number of benzene rings is 2. The number of ether oxygens (including phenoxy) is 1. The van der Waals surface area contributed by atoms with Crippen molar-refractivity contribution in [2.75, 3.05) is 66.0 Å². The summed E-state index contributed by atoms with van der Waals surface area (Å²) in [4.78, 5) is 32.2. The van der Waals surface area contributed by atoms with E-state index in [0.717, 1.165) is 102 Å². The average Bonchev–Trinajstić information content (AvgIpc) is 3.10. The number of methoxy groups -OCH3 is 1. The molecule has 3 heterocycles. The summed E-state index contributed by atoms with van der Waals surface area (Å²) in [6.07, 6.45) is 7.10. The lowest BCUT2D eigenvalue weighted by atomic mass is 9.79. The Bertz CT molecular complexity index is 1390. The van der Waals surface area contributed by atoms with Gasteiger partial charge in [0.2, 0.25) is 0 Å². The second kappa shape index (κ2) is 17.9. The van der Waals surface area contributed by atoms with Gasteiger partial charge in [0.15, 0.2) is 0 Å². The van der Waals surface area contributed by atoms with Gasteiger partial charge in [-0.25, -0.2) is 9.97 Å². The molecule has 0 spiro atoms. The number of piperidine rings is 1. The van der Waals surface area contributed by atoms with Crippen molar-refractivity contribution in [1.82, 2.24) is 29.6 Å². The summed E-state index contributed by atoms with van der Waals surface area (Å²) in [5.41, 5.74) is 5.06. The van der Waals surface area contributed by atoms with E-state index < -0.39 is 0 Å². The summed E-state index contributed by atoms with van der Waals surface area (Å²) in [5.74, 6) is 2.24. The molecule has 2 aliphatic heterocycles. The predicted octanol–water partition coefficient (Wildman–Crippen LogP) is 6.44. The molecule has 8 heteroatoms. The Hall–Kier alpha value is -3.33. The number of carbonyl (C=O) groups excluding carboxylic acids is 1. The second-order valence-corrected chi connectivity index (χ2v) is 14.0. The van der Waals surface area contributed by atoms with Crippen LogP contribution in [0.1, 0.15) is 84.7 Å². The van der Waals surface area contributed by atoms with Crippen molar-refractivity contribution in [2.24, 2.45) is 5.92 Å². The van der Waals surface area contributed by atoms with Gasteiger partial charge in [0.25, 0.3) is 5.91 Å². The number of amides is 1. The van der Waals surface area contributed by atoms with Gasteiger partial charge in [0.05, 0.1) is 24.1 Å². The van der Waals surface area contributed by atoms with E-state index in [0.29, 0.717) is 23.4 Å². The standard InChI is InChI=1S/C40H58N6O2/c1-6-7-21-45(40(47)39-32(3)41-30-42-33(39)4)22-11-20-43-25-26-46(31(2)27-43)29-38(35-12-9-8-10-13-35)36-18-23-44(24-19-36)28-34-14-16-37(48-5)17-15-34/h8-10,12-17,30-31,36,38H,6-7,11,18-29H2,1-5H3/t31?,38-/m0/s1. The molecule has 2 fully saturated rings. The Labute approximate surface area is 289 Å². The second-order valence-electron chi connectivity index (χ2n) is 14.0. The Morgan fingerprint density at radius 2 is 1.60 bits per heavy atom. The Kier molecular flexibility index (Phi) is 13.4. The van der Waals surface area contributed by atoms with Crippen LogP contribution in [0.4, 0.5) is 0 Å². The van der Waals surface area contributed by atoms with Crippen LogP contribution >= 0.6 is 0 Å². The van der Waals surface area contributed by atoms with E-state index in [-0.39, 0.29) is 5.91 Å². The van der Waals surface area contributed by atoms with Crippen molar-refractivity contribution in [3.8, 4) is 5.75 Å². The highest BCUT2D eigenvalue weighted by molar-refractivity contribution is 5.96. The highest BCUT2D eigenvalue weighted by atomic mass is 16.5. The smallest absolute Gasteiger partial charge is 0.257 e. The molecule has 0 saturated carbocycles. The first-order valence-corrected chi connectivity index (χ1v) is 18.3. The predicted molar refractivity (Wildman–Crippen MR) is 195 cm³/mol. The van der Waals surface area contributed by atoms with E-state index >= 15 is 0 Å². The lowest BCUT2D eigenvalue weighted by Gasteiger charge is -2.44. The molecule has 0 bridgehead atoms. The van der Waals surface area contributed by atoms with Gasteiger partial charge in [-0.1, -0.05) is 55.8 Å². The molecular weight excluding hydrogens is 596 g/mol. The summed E-state index contributed by atoms with van der Waals surface area (Å²) >= 11 is 0. The number of carbonyl (C=O) groups is 1. The van der Waals surface area contributed by atoms with Crippen molar-refractivity contribution in [2.45, 2.75) is 78.3 Å². The summed E-state index contributed by atoms with van der Waals surface area (Å²) in [5, 5.41) is 0. The van der Waals surface area contributed by atoms with Crippen LogP contribution in [0.15, 0.2) is 60.9 Å². The number of hydrogen-bond acceptors (Lipinski definition) is 7. The maximum Gasteiger partial charge on any atom is 0.257 e. The zero-order valence-corrected chi connectivity index (χ0v) is 30.1. The number of piperazine rings is 1. The van der Waals surface area contributed by atoms with Gasteiger partial charge in [-0.3, -0.25) is 14.6 Å². The number of hydrogen-bond donors (Lipinski definition) is 0. The maximum absolute atomic E-state index is 13.6. The summed E-state index contributed by atoms with van der Waals surface area (Å²) in [6.45, 7) is 18.7. The van der Waals surface area contributed by atoms with Gasteiger partial charge in [-0.05, 0) is 101 Å². The SMILES string of the molecule is CCCCN(CCCN1CCN(C[C@@H](c2ccccc2)C2CCN(Cc3ccc(OC)cc3)CC2)C(C)C1)C(=O)c1c(C)ncnc1C. The van der Waals surface area contributed by atoms with Crippen LogP contribution in [0.3, 0.4) is 0 Å². The third kappa shape index (κ3) is 9.64. The largest absolute Gasteiger partial charge is 0.497 e. The number of rotatable bonds is 15. The van der Waals surface area contributed by atoms with Crippen LogP contribution < -0.4 is 4.74 Å². The molecular formula is C40H58N6O2. The van der Waals surface area contributed by atoms with Crippen LogP contribution in [0.2, 0.25) is 0 Å². The van der Waals surface area contributed by atoms with Gasteiger partial charge < -0.3 is 14.5 Å². The quantitative estimate of drug-likeness (QED) is 0.187. The van der Waals surface area contributed by atoms with Crippen LogP contribution in [0.5, 0.6) is 5.75 Å². The maximum atomic E-state index is 13.6. The van der Waals surface area contributed by atoms with Crippen LogP contribution in [0.25, 0.3) is 0 Å². The molecule has 260 valence electrons. The first kappa shape index (κ1) is 36.0. The van der Waals surface area contributed by atoms with Gasteiger partial charge in [0.1, 0.15) is 12.1 Å². The van der Waals surface area contributed by atoms with E-state index in [4.69, 9.17) is 4.74 Å². The monoisotopic (exact) mass is 654 g/mol. The number of aryl methyl sites for hydroxylation is 2. The van der Waals surface area contributed by atoms with Crippen molar-refractivity contribution >= 4 is 5.91 Å². The molecule has 1 unspecified atom stereocenters. The first-order chi connectivity index (χ1) is 23.4. The highest BCUT2D eigenvalue weighted by Gasteiger charge is 2.32. The molecule has 1 aromatic heterocycles. The summed E-state index contributed by atoms with van der Waals surface area (Å²) in [7, 11) is 1.72. The van der Waals surface area contributed by atoms with Crippen LogP contribution in [-0.4, -0.2) is 108 Å². The van der Waals surface area contributed by atoms with E-state index in [2.05, 4.69) is 93.1 Å². The summed E-state index contributed by atoms with van der Waals surface area (Å²) in [6, 6.07) is 20.3.